The smallest absolute Gasteiger partial charge is 0.173 e. The molecule has 0 saturated carbocycles. The number of aromatic nitrogens is 2. The number of piperazine rings is 1. The lowest BCUT2D eigenvalue weighted by atomic mass is 10.1. The number of aryl methyl sites for hydroxylation is 2. The van der Waals surface area contributed by atoms with Crippen LogP contribution in [0.1, 0.15) is 28.1 Å². The number of nitrogens with one attached hydrogen (secondary N) is 1. The molecule has 7 heteroatoms. The summed E-state index contributed by atoms with van der Waals surface area (Å²) in [6.07, 6.45) is 0. The van der Waals surface area contributed by atoms with Gasteiger partial charge in [0.05, 0.1) is 23.6 Å². The highest BCUT2D eigenvalue weighted by molar-refractivity contribution is 7.80. The van der Waals surface area contributed by atoms with Crippen LogP contribution in [0.5, 0.6) is 0 Å². The zero-order valence-electron chi connectivity index (χ0n) is 18.9. The van der Waals surface area contributed by atoms with Gasteiger partial charge in [-0.2, -0.15) is 5.10 Å². The maximum atomic E-state index is 13.2. The summed E-state index contributed by atoms with van der Waals surface area (Å²) < 4.78 is 15.1. The maximum absolute atomic E-state index is 13.2. The summed E-state index contributed by atoms with van der Waals surface area (Å²) in [5, 5.41) is 8.84. The van der Waals surface area contributed by atoms with Crippen molar-refractivity contribution in [2.24, 2.45) is 0 Å². The lowest BCUT2D eigenvalue weighted by Gasteiger charge is -2.36. The summed E-state index contributed by atoms with van der Waals surface area (Å²) in [6, 6.07) is 15.1. The molecule has 0 amide bonds. The van der Waals surface area contributed by atoms with Crippen molar-refractivity contribution in [1.82, 2.24) is 19.6 Å². The second kappa shape index (κ2) is 9.79. The Morgan fingerprint density at radius 1 is 0.969 bits per heavy atom. The molecule has 2 heterocycles. The average Bonchev–Trinajstić information content (AvgIpc) is 3.04. The molecule has 0 spiro atoms. The minimum Gasteiger partial charge on any atom is -0.346 e. The van der Waals surface area contributed by atoms with Gasteiger partial charge in [0.2, 0.25) is 0 Å². The number of benzene rings is 2. The topological polar surface area (TPSA) is 36.3 Å². The van der Waals surface area contributed by atoms with E-state index in [1.165, 1.54) is 23.3 Å². The molecule has 1 N–H and O–H groups in total. The Balaban J connectivity index is 1.35. The van der Waals surface area contributed by atoms with Gasteiger partial charge < -0.3 is 10.2 Å². The normalized spacial score (nSPS) is 14.6. The lowest BCUT2D eigenvalue weighted by molar-refractivity contribution is 0.176. The van der Waals surface area contributed by atoms with Gasteiger partial charge in [-0.25, -0.2) is 4.39 Å². The molecule has 5 nitrogen and oxygen atoms in total. The monoisotopic (exact) mass is 451 g/mol. The molecule has 0 bridgehead atoms. The number of halogens is 1. The maximum Gasteiger partial charge on any atom is 0.173 e. The quantitative estimate of drug-likeness (QED) is 0.578. The second-order valence-corrected chi connectivity index (χ2v) is 8.84. The number of rotatable bonds is 5. The molecule has 0 radical (unpaired) electrons. The van der Waals surface area contributed by atoms with Crippen molar-refractivity contribution in [2.45, 2.75) is 33.9 Å². The number of anilines is 1. The van der Waals surface area contributed by atoms with Gasteiger partial charge in [-0.05, 0) is 61.8 Å². The first-order valence-electron chi connectivity index (χ1n) is 11.0. The third-order valence-electron chi connectivity index (χ3n) is 6.17. The van der Waals surface area contributed by atoms with Crippen LogP contribution in [-0.2, 0) is 13.1 Å². The first-order valence-corrected chi connectivity index (χ1v) is 11.4. The van der Waals surface area contributed by atoms with Crippen LogP contribution in [0, 0.1) is 26.6 Å². The number of hydrogen-bond acceptors (Lipinski definition) is 3. The third-order valence-corrected chi connectivity index (χ3v) is 6.53. The molecule has 1 aromatic heterocycles. The summed E-state index contributed by atoms with van der Waals surface area (Å²) in [7, 11) is 0. The Bertz CT molecular complexity index is 1080. The average molecular weight is 452 g/mol. The molecule has 1 fully saturated rings. The number of nitrogens with zero attached hydrogens (tertiary/aromatic N) is 4. The summed E-state index contributed by atoms with van der Waals surface area (Å²) in [4.78, 5) is 4.72. The summed E-state index contributed by atoms with van der Waals surface area (Å²) >= 11 is 5.74. The Hall–Kier alpha value is -2.77. The summed E-state index contributed by atoms with van der Waals surface area (Å²) in [5.74, 6) is -0.228. The fourth-order valence-corrected chi connectivity index (χ4v) is 4.40. The van der Waals surface area contributed by atoms with Crippen molar-refractivity contribution < 1.29 is 4.39 Å². The van der Waals surface area contributed by atoms with Crippen LogP contribution >= 0.6 is 12.2 Å². The van der Waals surface area contributed by atoms with Crippen molar-refractivity contribution in [3.63, 3.8) is 0 Å². The van der Waals surface area contributed by atoms with Crippen molar-refractivity contribution in [2.75, 3.05) is 31.5 Å². The number of hydrogen-bond donors (Lipinski definition) is 1. The van der Waals surface area contributed by atoms with Crippen LogP contribution < -0.4 is 5.32 Å². The van der Waals surface area contributed by atoms with Gasteiger partial charge in [-0.15, -0.1) is 0 Å². The van der Waals surface area contributed by atoms with E-state index in [9.17, 15) is 4.39 Å². The molecule has 0 unspecified atom stereocenters. The highest BCUT2D eigenvalue weighted by Gasteiger charge is 2.21. The molecule has 4 rings (SSSR count). The molecule has 32 heavy (non-hydrogen) atoms. The SMILES string of the molecule is Cc1ccccc1CN1CCN(C(=S)Nc2c(C)nn(Cc3ccc(F)cc3)c2C)CC1. The summed E-state index contributed by atoms with van der Waals surface area (Å²) in [6.45, 7) is 11.5. The minimum atomic E-state index is -0.228. The van der Waals surface area contributed by atoms with Crippen molar-refractivity contribution in [3.8, 4) is 0 Å². The molecule has 168 valence electrons. The Labute approximate surface area is 194 Å². The zero-order valence-corrected chi connectivity index (χ0v) is 19.8. The van der Waals surface area contributed by atoms with Crippen LogP contribution in [0.4, 0.5) is 10.1 Å². The molecular formula is C25H30FN5S. The predicted octanol–water partition coefficient (Wildman–Crippen LogP) is 4.51. The van der Waals surface area contributed by atoms with Crippen LogP contribution in [-0.4, -0.2) is 50.9 Å². The van der Waals surface area contributed by atoms with Crippen LogP contribution in [0.15, 0.2) is 48.5 Å². The molecule has 1 aliphatic heterocycles. The predicted molar refractivity (Wildman–Crippen MR) is 131 cm³/mol. The van der Waals surface area contributed by atoms with E-state index in [4.69, 9.17) is 12.2 Å². The van der Waals surface area contributed by atoms with Gasteiger partial charge in [0.25, 0.3) is 0 Å². The van der Waals surface area contributed by atoms with E-state index < -0.39 is 0 Å². The van der Waals surface area contributed by atoms with Crippen molar-refractivity contribution >= 4 is 23.0 Å². The van der Waals surface area contributed by atoms with E-state index in [0.29, 0.717) is 6.54 Å². The van der Waals surface area contributed by atoms with E-state index in [1.807, 2.05) is 18.5 Å². The zero-order chi connectivity index (χ0) is 22.7. The Morgan fingerprint density at radius 2 is 1.66 bits per heavy atom. The standard InChI is InChI=1S/C25H30FN5S/c1-18-6-4-5-7-22(18)17-29-12-14-30(15-13-29)25(32)27-24-19(2)28-31(20(24)3)16-21-8-10-23(26)11-9-21/h4-11H,12-17H2,1-3H3,(H,27,32). The van der Waals surface area contributed by atoms with Gasteiger partial charge in [0, 0.05) is 32.7 Å². The van der Waals surface area contributed by atoms with Crippen LogP contribution in [0.2, 0.25) is 0 Å². The minimum absolute atomic E-state index is 0.228. The van der Waals surface area contributed by atoms with Crippen molar-refractivity contribution in [1.29, 1.82) is 0 Å². The lowest BCUT2D eigenvalue weighted by Crippen LogP contribution is -2.49. The number of thiocarbonyl (C=S) groups is 1. The van der Waals surface area contributed by atoms with E-state index in [2.05, 4.69) is 51.4 Å². The molecule has 0 aliphatic carbocycles. The highest BCUT2D eigenvalue weighted by atomic mass is 32.1. The second-order valence-electron chi connectivity index (χ2n) is 8.45. The van der Waals surface area contributed by atoms with E-state index in [0.717, 1.165) is 60.5 Å². The molecule has 2 aromatic carbocycles. The fourth-order valence-electron chi connectivity index (χ4n) is 4.12. The van der Waals surface area contributed by atoms with E-state index in [1.54, 1.807) is 12.1 Å². The molecule has 1 saturated heterocycles. The first kappa shape index (κ1) is 22.4. The Kier molecular flexibility index (Phi) is 6.86. The van der Waals surface area contributed by atoms with E-state index in [-0.39, 0.29) is 5.82 Å². The van der Waals surface area contributed by atoms with Crippen LogP contribution in [0.3, 0.4) is 0 Å². The third kappa shape index (κ3) is 5.16. The largest absolute Gasteiger partial charge is 0.346 e. The highest BCUT2D eigenvalue weighted by Crippen LogP contribution is 2.22. The molecular weight excluding hydrogens is 421 g/mol. The summed E-state index contributed by atoms with van der Waals surface area (Å²) in [5.41, 5.74) is 6.63. The molecule has 1 aliphatic rings. The van der Waals surface area contributed by atoms with Gasteiger partial charge >= 0.3 is 0 Å². The van der Waals surface area contributed by atoms with Crippen molar-refractivity contribution in [3.05, 3.63) is 82.4 Å². The first-order chi connectivity index (χ1) is 15.4. The molecule has 0 atom stereocenters. The fraction of sp³-hybridized carbons (Fsp3) is 0.360. The van der Waals surface area contributed by atoms with Gasteiger partial charge in [0.1, 0.15) is 5.82 Å². The van der Waals surface area contributed by atoms with Crippen LogP contribution in [0.25, 0.3) is 0 Å². The molecule has 3 aromatic rings. The van der Waals surface area contributed by atoms with Gasteiger partial charge in [-0.1, -0.05) is 36.4 Å². The van der Waals surface area contributed by atoms with Gasteiger partial charge in [-0.3, -0.25) is 9.58 Å². The van der Waals surface area contributed by atoms with E-state index >= 15 is 0 Å². The van der Waals surface area contributed by atoms with Gasteiger partial charge in [0.15, 0.2) is 5.11 Å². The Morgan fingerprint density at radius 3 is 2.34 bits per heavy atom.